The second-order valence-electron chi connectivity index (χ2n) is 7.88. The van der Waals surface area contributed by atoms with Gasteiger partial charge in [-0.3, -0.25) is 9.69 Å². The maximum absolute atomic E-state index is 13.3. The molecular formula is C23H30N4O2. The molecule has 1 unspecified atom stereocenters. The van der Waals surface area contributed by atoms with Crippen molar-refractivity contribution in [3.05, 3.63) is 65.2 Å². The molecule has 1 heterocycles. The van der Waals surface area contributed by atoms with Gasteiger partial charge in [-0.05, 0) is 42.7 Å². The highest BCUT2D eigenvalue weighted by molar-refractivity contribution is 5.95. The summed E-state index contributed by atoms with van der Waals surface area (Å²) in [7, 11) is 3.53. The minimum absolute atomic E-state index is 0.0144. The van der Waals surface area contributed by atoms with Crippen LogP contribution in [0.3, 0.4) is 0 Å². The molecule has 0 aliphatic carbocycles. The molecule has 1 aliphatic heterocycles. The Kier molecular flexibility index (Phi) is 6.54. The van der Waals surface area contributed by atoms with Crippen LogP contribution in [0.4, 0.5) is 10.5 Å². The summed E-state index contributed by atoms with van der Waals surface area (Å²) in [6, 6.07) is 15.5. The van der Waals surface area contributed by atoms with Crippen molar-refractivity contribution in [2.24, 2.45) is 0 Å². The molecule has 0 aromatic heterocycles. The first-order valence-electron chi connectivity index (χ1n) is 9.99. The van der Waals surface area contributed by atoms with E-state index >= 15 is 0 Å². The zero-order valence-corrected chi connectivity index (χ0v) is 17.7. The fourth-order valence-corrected chi connectivity index (χ4v) is 3.88. The van der Waals surface area contributed by atoms with Crippen molar-refractivity contribution in [3.8, 4) is 0 Å². The number of hydrogen-bond acceptors (Lipinski definition) is 3. The van der Waals surface area contributed by atoms with Gasteiger partial charge in [-0.1, -0.05) is 36.4 Å². The number of benzene rings is 2. The van der Waals surface area contributed by atoms with Crippen molar-refractivity contribution in [1.29, 1.82) is 0 Å². The third kappa shape index (κ3) is 5.15. The topological polar surface area (TPSA) is 55.9 Å². The van der Waals surface area contributed by atoms with Gasteiger partial charge >= 0.3 is 6.03 Å². The van der Waals surface area contributed by atoms with Crippen LogP contribution in [0.5, 0.6) is 0 Å². The van der Waals surface area contributed by atoms with Crippen LogP contribution in [-0.2, 0) is 4.79 Å². The normalized spacial score (nSPS) is 15.7. The molecule has 1 saturated heterocycles. The molecule has 3 amide bonds. The molecule has 29 heavy (non-hydrogen) atoms. The predicted octanol–water partition coefficient (Wildman–Crippen LogP) is 3.28. The number of anilines is 1. The first-order chi connectivity index (χ1) is 13.8. The maximum atomic E-state index is 13.3. The molecule has 1 fully saturated rings. The first-order valence-corrected chi connectivity index (χ1v) is 9.99. The van der Waals surface area contributed by atoms with E-state index in [1.165, 1.54) is 0 Å². The molecule has 1 aliphatic rings. The van der Waals surface area contributed by atoms with Crippen LogP contribution in [0, 0.1) is 13.8 Å². The number of nitrogens with one attached hydrogen (secondary N) is 1. The van der Waals surface area contributed by atoms with E-state index in [9.17, 15) is 9.59 Å². The van der Waals surface area contributed by atoms with Crippen LogP contribution in [0.2, 0.25) is 0 Å². The van der Waals surface area contributed by atoms with Gasteiger partial charge in [0.2, 0.25) is 5.91 Å². The number of amides is 3. The molecule has 2 aromatic rings. The average molecular weight is 395 g/mol. The van der Waals surface area contributed by atoms with Crippen molar-refractivity contribution in [2.45, 2.75) is 19.9 Å². The van der Waals surface area contributed by atoms with E-state index in [1.807, 2.05) is 61.2 Å². The van der Waals surface area contributed by atoms with Crippen LogP contribution in [0.25, 0.3) is 0 Å². The lowest BCUT2D eigenvalue weighted by Crippen LogP contribution is -2.53. The van der Waals surface area contributed by atoms with Crippen LogP contribution in [0.1, 0.15) is 22.7 Å². The van der Waals surface area contributed by atoms with Crippen molar-refractivity contribution in [3.63, 3.8) is 0 Å². The van der Waals surface area contributed by atoms with Gasteiger partial charge in [0.15, 0.2) is 0 Å². The summed E-state index contributed by atoms with van der Waals surface area (Å²) in [6.07, 6.45) is 0. The lowest BCUT2D eigenvalue weighted by molar-refractivity contribution is -0.122. The first kappa shape index (κ1) is 20.9. The van der Waals surface area contributed by atoms with E-state index in [0.29, 0.717) is 26.2 Å². The number of rotatable bonds is 4. The predicted molar refractivity (Wildman–Crippen MR) is 116 cm³/mol. The van der Waals surface area contributed by atoms with Crippen LogP contribution in [-0.4, -0.2) is 66.9 Å². The lowest BCUT2D eigenvalue weighted by atomic mass is 10.0. The van der Waals surface area contributed by atoms with Crippen molar-refractivity contribution < 1.29 is 9.59 Å². The molecule has 6 nitrogen and oxygen atoms in total. The highest BCUT2D eigenvalue weighted by Crippen LogP contribution is 2.25. The summed E-state index contributed by atoms with van der Waals surface area (Å²) in [5, 5.41) is 3.10. The Bertz CT molecular complexity index is 838. The molecular weight excluding hydrogens is 364 g/mol. The molecule has 0 saturated carbocycles. The largest absolute Gasteiger partial charge is 0.331 e. The highest BCUT2D eigenvalue weighted by atomic mass is 16.2. The molecule has 0 spiro atoms. The van der Waals surface area contributed by atoms with Gasteiger partial charge < -0.3 is 15.1 Å². The fraction of sp³-hybridized carbons (Fsp3) is 0.391. The number of hydrogen-bond donors (Lipinski definition) is 1. The Morgan fingerprint density at radius 3 is 2.07 bits per heavy atom. The standard InChI is InChI=1S/C23H30N4O2/c1-17-14-18(2)16-20(15-17)24-22(28)21(19-8-6-5-7-9-19)26-10-12-27(13-11-26)23(29)25(3)4/h5-9,14-16,21H,10-13H2,1-4H3,(H,24,28). The van der Waals surface area contributed by atoms with Crippen molar-refractivity contribution >= 4 is 17.6 Å². The SMILES string of the molecule is Cc1cc(C)cc(NC(=O)C(c2ccccc2)N2CCN(C(=O)N(C)C)CC2)c1. The van der Waals surface area contributed by atoms with Crippen molar-refractivity contribution in [1.82, 2.24) is 14.7 Å². The Morgan fingerprint density at radius 1 is 0.931 bits per heavy atom. The Hall–Kier alpha value is -2.86. The molecule has 0 radical (unpaired) electrons. The molecule has 2 aromatic carbocycles. The van der Waals surface area contributed by atoms with E-state index in [-0.39, 0.29) is 11.9 Å². The summed E-state index contributed by atoms with van der Waals surface area (Å²) in [6.45, 7) is 6.57. The number of urea groups is 1. The second-order valence-corrected chi connectivity index (χ2v) is 7.88. The Labute approximate surface area is 173 Å². The summed E-state index contributed by atoms with van der Waals surface area (Å²) in [5.74, 6) is -0.0476. The maximum Gasteiger partial charge on any atom is 0.319 e. The van der Waals surface area contributed by atoms with Gasteiger partial charge in [0.1, 0.15) is 6.04 Å². The quantitative estimate of drug-likeness (QED) is 0.866. The zero-order valence-electron chi connectivity index (χ0n) is 17.7. The third-order valence-corrected chi connectivity index (χ3v) is 5.19. The van der Waals surface area contributed by atoms with Gasteiger partial charge in [0.05, 0.1) is 0 Å². The van der Waals surface area contributed by atoms with Crippen LogP contribution < -0.4 is 5.32 Å². The second kappa shape index (κ2) is 9.09. The number of aryl methyl sites for hydroxylation is 2. The number of carbonyl (C=O) groups is 2. The fourth-order valence-electron chi connectivity index (χ4n) is 3.88. The van der Waals surface area contributed by atoms with Crippen LogP contribution in [0.15, 0.2) is 48.5 Å². The van der Waals surface area contributed by atoms with Gasteiger partial charge in [0, 0.05) is 46.0 Å². The summed E-state index contributed by atoms with van der Waals surface area (Å²) >= 11 is 0. The van der Waals surface area contributed by atoms with Crippen molar-refractivity contribution in [2.75, 3.05) is 45.6 Å². The Balaban J connectivity index is 1.79. The zero-order chi connectivity index (χ0) is 21.0. The van der Waals surface area contributed by atoms with Gasteiger partial charge in [0.25, 0.3) is 0 Å². The molecule has 154 valence electrons. The van der Waals surface area contributed by atoms with Gasteiger partial charge in [-0.15, -0.1) is 0 Å². The number of piperazine rings is 1. The van der Waals surface area contributed by atoms with E-state index in [0.717, 1.165) is 22.4 Å². The minimum atomic E-state index is -0.395. The smallest absolute Gasteiger partial charge is 0.319 e. The average Bonchev–Trinajstić information content (AvgIpc) is 2.68. The number of carbonyl (C=O) groups excluding carboxylic acids is 2. The highest BCUT2D eigenvalue weighted by Gasteiger charge is 2.32. The molecule has 1 N–H and O–H groups in total. The van der Waals surface area contributed by atoms with Crippen LogP contribution >= 0.6 is 0 Å². The monoisotopic (exact) mass is 394 g/mol. The van der Waals surface area contributed by atoms with E-state index in [4.69, 9.17) is 0 Å². The molecule has 6 heteroatoms. The summed E-state index contributed by atoms with van der Waals surface area (Å²) in [4.78, 5) is 31.1. The minimum Gasteiger partial charge on any atom is -0.331 e. The third-order valence-electron chi connectivity index (χ3n) is 5.19. The van der Waals surface area contributed by atoms with Gasteiger partial charge in [-0.25, -0.2) is 4.79 Å². The number of nitrogens with zero attached hydrogens (tertiary/aromatic N) is 3. The Morgan fingerprint density at radius 2 is 1.52 bits per heavy atom. The molecule has 3 rings (SSSR count). The molecule has 1 atom stereocenters. The summed E-state index contributed by atoms with van der Waals surface area (Å²) < 4.78 is 0. The van der Waals surface area contributed by atoms with E-state index in [2.05, 4.69) is 16.3 Å². The summed E-state index contributed by atoms with van der Waals surface area (Å²) in [5.41, 5.74) is 4.01. The lowest BCUT2D eigenvalue weighted by Gasteiger charge is -2.39. The molecule has 0 bridgehead atoms. The van der Waals surface area contributed by atoms with E-state index in [1.54, 1.807) is 19.0 Å². The van der Waals surface area contributed by atoms with E-state index < -0.39 is 6.04 Å². The van der Waals surface area contributed by atoms with Gasteiger partial charge in [-0.2, -0.15) is 0 Å².